The van der Waals surface area contributed by atoms with Gasteiger partial charge in [0, 0.05) is 11.6 Å². The molecule has 4 nitrogen and oxygen atoms in total. The lowest BCUT2D eigenvalue weighted by Crippen LogP contribution is -2.23. The Kier molecular flexibility index (Phi) is 3.06. The highest BCUT2D eigenvalue weighted by Crippen LogP contribution is 2.11. The monoisotopic (exact) mass is 230 g/mol. The number of aliphatic hydroxyl groups is 1. The van der Waals surface area contributed by atoms with Gasteiger partial charge in [-0.2, -0.15) is 9.78 Å². The summed E-state index contributed by atoms with van der Waals surface area (Å²) >= 11 is 0. The van der Waals surface area contributed by atoms with E-state index in [1.165, 1.54) is 10.7 Å². The Bertz CT molecular complexity index is 603. The zero-order valence-corrected chi connectivity index (χ0v) is 9.84. The van der Waals surface area contributed by atoms with E-state index >= 15 is 0 Å². The van der Waals surface area contributed by atoms with Crippen LogP contribution in [0.1, 0.15) is 16.8 Å². The smallest absolute Gasteiger partial charge is 0.271 e. The highest BCUT2D eigenvalue weighted by atomic mass is 16.3. The first kappa shape index (κ1) is 11.5. The van der Waals surface area contributed by atoms with Gasteiger partial charge in [-0.05, 0) is 25.5 Å². The molecule has 2 rings (SSSR count). The second kappa shape index (κ2) is 4.51. The van der Waals surface area contributed by atoms with Crippen LogP contribution in [0.15, 0.2) is 35.1 Å². The number of benzene rings is 1. The number of rotatable bonds is 2. The Labute approximate surface area is 99.2 Å². The van der Waals surface area contributed by atoms with Crippen molar-refractivity contribution in [2.24, 2.45) is 0 Å². The predicted octanol–water partition coefficient (Wildman–Crippen LogP) is 1.34. The van der Waals surface area contributed by atoms with E-state index < -0.39 is 0 Å². The lowest BCUT2D eigenvalue weighted by molar-refractivity contribution is 0.279. The summed E-state index contributed by atoms with van der Waals surface area (Å²) in [6.45, 7) is 3.54. The fourth-order valence-electron chi connectivity index (χ4n) is 1.71. The van der Waals surface area contributed by atoms with Gasteiger partial charge < -0.3 is 5.11 Å². The van der Waals surface area contributed by atoms with E-state index in [9.17, 15) is 4.79 Å². The zero-order valence-electron chi connectivity index (χ0n) is 9.84. The minimum Gasteiger partial charge on any atom is -0.392 e. The van der Waals surface area contributed by atoms with Gasteiger partial charge in [0.05, 0.1) is 18.0 Å². The molecule has 1 aromatic heterocycles. The van der Waals surface area contributed by atoms with Gasteiger partial charge in [0.25, 0.3) is 5.56 Å². The van der Waals surface area contributed by atoms with Gasteiger partial charge in [-0.25, -0.2) is 0 Å². The number of aliphatic hydroxyl groups excluding tert-OH is 1. The maximum absolute atomic E-state index is 11.9. The molecule has 1 N–H and O–H groups in total. The molecule has 2 aromatic rings. The Morgan fingerprint density at radius 2 is 2.00 bits per heavy atom. The van der Waals surface area contributed by atoms with Crippen molar-refractivity contribution in [3.05, 3.63) is 57.5 Å². The van der Waals surface area contributed by atoms with Crippen LogP contribution >= 0.6 is 0 Å². The van der Waals surface area contributed by atoms with Crippen LogP contribution in [0.5, 0.6) is 0 Å². The molecule has 4 heteroatoms. The average Bonchev–Trinajstić information content (AvgIpc) is 2.32. The van der Waals surface area contributed by atoms with E-state index in [4.69, 9.17) is 5.11 Å². The summed E-state index contributed by atoms with van der Waals surface area (Å²) in [5.41, 5.74) is 2.76. The third-order valence-electron chi connectivity index (χ3n) is 2.74. The summed E-state index contributed by atoms with van der Waals surface area (Å²) in [6.07, 6.45) is 0. The van der Waals surface area contributed by atoms with Crippen molar-refractivity contribution < 1.29 is 5.11 Å². The molecule has 0 atom stereocenters. The number of aryl methyl sites for hydroxylation is 2. The van der Waals surface area contributed by atoms with Crippen LogP contribution in [0.4, 0.5) is 0 Å². The van der Waals surface area contributed by atoms with Gasteiger partial charge in [-0.1, -0.05) is 18.2 Å². The third-order valence-corrected chi connectivity index (χ3v) is 2.74. The van der Waals surface area contributed by atoms with Crippen LogP contribution in [-0.2, 0) is 6.61 Å². The summed E-state index contributed by atoms with van der Waals surface area (Å²) in [5.74, 6) is 0. The average molecular weight is 230 g/mol. The van der Waals surface area contributed by atoms with Gasteiger partial charge in [0.1, 0.15) is 0 Å². The van der Waals surface area contributed by atoms with Crippen LogP contribution in [0.3, 0.4) is 0 Å². The van der Waals surface area contributed by atoms with Crippen LogP contribution in [0.25, 0.3) is 5.69 Å². The number of para-hydroxylation sites is 1. The molecule has 88 valence electrons. The Morgan fingerprint density at radius 1 is 1.29 bits per heavy atom. The van der Waals surface area contributed by atoms with Crippen LogP contribution in [0, 0.1) is 13.8 Å². The highest BCUT2D eigenvalue weighted by molar-refractivity contribution is 5.39. The van der Waals surface area contributed by atoms with Crippen LogP contribution in [-0.4, -0.2) is 14.9 Å². The summed E-state index contributed by atoms with van der Waals surface area (Å²) < 4.78 is 1.36. The first-order valence-corrected chi connectivity index (χ1v) is 5.40. The van der Waals surface area contributed by atoms with Crippen molar-refractivity contribution in [3.63, 3.8) is 0 Å². The maximum Gasteiger partial charge on any atom is 0.271 e. The van der Waals surface area contributed by atoms with Gasteiger partial charge in [-0.15, -0.1) is 0 Å². The molecule has 0 bridgehead atoms. The Hall–Kier alpha value is -1.94. The van der Waals surface area contributed by atoms with Crippen molar-refractivity contribution in [2.75, 3.05) is 0 Å². The van der Waals surface area contributed by atoms with E-state index in [2.05, 4.69) is 5.10 Å². The summed E-state index contributed by atoms with van der Waals surface area (Å²) in [5, 5.41) is 13.3. The molecule has 0 aliphatic carbocycles. The van der Waals surface area contributed by atoms with E-state index in [1.54, 1.807) is 6.92 Å². The zero-order chi connectivity index (χ0) is 12.4. The molecule has 0 aliphatic heterocycles. The molecule has 1 aromatic carbocycles. The molecule has 0 saturated heterocycles. The second-order valence-electron chi connectivity index (χ2n) is 3.95. The minimum absolute atomic E-state index is 0.164. The molecule has 0 radical (unpaired) electrons. The first-order valence-electron chi connectivity index (χ1n) is 5.40. The maximum atomic E-state index is 11.9. The van der Waals surface area contributed by atoms with Crippen molar-refractivity contribution >= 4 is 0 Å². The quantitative estimate of drug-likeness (QED) is 0.847. The van der Waals surface area contributed by atoms with Crippen LogP contribution < -0.4 is 5.56 Å². The lowest BCUT2D eigenvalue weighted by atomic mass is 10.2. The Morgan fingerprint density at radius 3 is 2.65 bits per heavy atom. The third kappa shape index (κ3) is 2.12. The van der Waals surface area contributed by atoms with Gasteiger partial charge in [-0.3, -0.25) is 4.79 Å². The number of nitrogens with zero attached hydrogens (tertiary/aromatic N) is 2. The fraction of sp³-hybridized carbons (Fsp3) is 0.231. The van der Waals surface area contributed by atoms with E-state index in [-0.39, 0.29) is 12.2 Å². The first-order chi connectivity index (χ1) is 8.13. The van der Waals surface area contributed by atoms with E-state index in [1.807, 2.05) is 31.2 Å². The van der Waals surface area contributed by atoms with E-state index in [0.717, 1.165) is 11.3 Å². The second-order valence-corrected chi connectivity index (χ2v) is 3.95. The van der Waals surface area contributed by atoms with Gasteiger partial charge in [0.15, 0.2) is 0 Å². The van der Waals surface area contributed by atoms with Crippen molar-refractivity contribution in [1.29, 1.82) is 0 Å². The van der Waals surface area contributed by atoms with Gasteiger partial charge in [0.2, 0.25) is 0 Å². The Balaban J connectivity index is 2.66. The normalized spacial score (nSPS) is 10.5. The summed E-state index contributed by atoms with van der Waals surface area (Å²) in [7, 11) is 0. The molecule has 0 spiro atoms. The summed E-state index contributed by atoms with van der Waals surface area (Å²) in [4.78, 5) is 11.9. The standard InChI is InChI=1S/C13H14N2O2/c1-9-5-3-4-6-12(9)15-13(17)7-11(8-16)10(2)14-15/h3-7,16H,8H2,1-2H3. The fourth-order valence-corrected chi connectivity index (χ4v) is 1.71. The van der Waals surface area contributed by atoms with Crippen molar-refractivity contribution in [1.82, 2.24) is 9.78 Å². The number of hydrogen-bond donors (Lipinski definition) is 1. The molecule has 0 amide bonds. The SMILES string of the molecule is Cc1ccccc1-n1nc(C)c(CO)cc1=O. The molecule has 0 saturated carbocycles. The number of hydrogen-bond acceptors (Lipinski definition) is 3. The topological polar surface area (TPSA) is 55.1 Å². The molecule has 0 unspecified atom stereocenters. The molecular weight excluding hydrogens is 216 g/mol. The molecule has 0 fully saturated rings. The number of aromatic nitrogens is 2. The summed E-state index contributed by atoms with van der Waals surface area (Å²) in [6, 6.07) is 8.99. The van der Waals surface area contributed by atoms with E-state index in [0.29, 0.717) is 11.3 Å². The molecule has 1 heterocycles. The highest BCUT2D eigenvalue weighted by Gasteiger charge is 2.07. The lowest BCUT2D eigenvalue weighted by Gasteiger charge is -2.09. The largest absolute Gasteiger partial charge is 0.392 e. The molecular formula is C13H14N2O2. The van der Waals surface area contributed by atoms with Crippen molar-refractivity contribution in [3.8, 4) is 5.69 Å². The van der Waals surface area contributed by atoms with Crippen LogP contribution in [0.2, 0.25) is 0 Å². The molecule has 17 heavy (non-hydrogen) atoms. The van der Waals surface area contributed by atoms with Gasteiger partial charge >= 0.3 is 0 Å². The predicted molar refractivity (Wildman–Crippen MR) is 65.2 cm³/mol. The van der Waals surface area contributed by atoms with Crippen molar-refractivity contribution in [2.45, 2.75) is 20.5 Å². The molecule has 0 aliphatic rings. The minimum atomic E-state index is -0.228.